The monoisotopic (exact) mass is 321 g/mol. The standard InChI is InChI=1S/C17H12ClN5/c18-13-6-2-4-8-15(13)23-17-9-16(20-11-21-17)22-14-7-3-1-5-12(14)10-19/h1-9,11H,(H2,20,21,22,23). The van der Waals surface area contributed by atoms with Crippen LogP contribution in [0.4, 0.5) is 23.0 Å². The van der Waals surface area contributed by atoms with Crippen molar-refractivity contribution in [2.75, 3.05) is 10.6 Å². The van der Waals surface area contributed by atoms with E-state index in [1.807, 2.05) is 36.4 Å². The fraction of sp³-hybridized carbons (Fsp3) is 0. The first-order chi connectivity index (χ1) is 11.3. The van der Waals surface area contributed by atoms with E-state index in [1.54, 1.807) is 18.2 Å². The molecule has 5 nitrogen and oxygen atoms in total. The Kier molecular flexibility index (Phi) is 4.37. The van der Waals surface area contributed by atoms with Crippen LogP contribution in [0, 0.1) is 11.3 Å². The fourth-order valence-electron chi connectivity index (χ4n) is 2.02. The molecule has 3 rings (SSSR count). The molecular formula is C17H12ClN5. The highest BCUT2D eigenvalue weighted by Gasteiger charge is 2.05. The Hall–Kier alpha value is -3.10. The largest absolute Gasteiger partial charge is 0.339 e. The van der Waals surface area contributed by atoms with Gasteiger partial charge >= 0.3 is 0 Å². The van der Waals surface area contributed by atoms with Gasteiger partial charge in [0.15, 0.2) is 0 Å². The second-order valence-corrected chi connectivity index (χ2v) is 5.08. The molecule has 2 N–H and O–H groups in total. The normalized spacial score (nSPS) is 9.91. The maximum Gasteiger partial charge on any atom is 0.135 e. The minimum atomic E-state index is 0.548. The fourth-order valence-corrected chi connectivity index (χ4v) is 2.21. The number of nitriles is 1. The summed E-state index contributed by atoms with van der Waals surface area (Å²) in [5, 5.41) is 16.0. The molecule has 0 spiro atoms. The third kappa shape index (κ3) is 3.57. The predicted octanol–water partition coefficient (Wildman–Crippen LogP) is 4.49. The van der Waals surface area contributed by atoms with Gasteiger partial charge in [-0.05, 0) is 24.3 Å². The van der Waals surface area contributed by atoms with Gasteiger partial charge in [0, 0.05) is 6.07 Å². The number of nitrogens with one attached hydrogen (secondary N) is 2. The van der Waals surface area contributed by atoms with Crippen LogP contribution in [0.5, 0.6) is 0 Å². The van der Waals surface area contributed by atoms with Gasteiger partial charge in [0.25, 0.3) is 0 Å². The highest BCUT2D eigenvalue weighted by Crippen LogP contribution is 2.25. The summed E-state index contributed by atoms with van der Waals surface area (Å²) >= 11 is 6.13. The lowest BCUT2D eigenvalue weighted by molar-refractivity contribution is 1.17. The van der Waals surface area contributed by atoms with E-state index in [2.05, 4.69) is 26.7 Å². The van der Waals surface area contributed by atoms with Crippen LogP contribution in [0.1, 0.15) is 5.56 Å². The molecule has 2 aromatic carbocycles. The molecule has 0 bridgehead atoms. The second-order valence-electron chi connectivity index (χ2n) is 4.68. The van der Waals surface area contributed by atoms with Crippen molar-refractivity contribution in [3.8, 4) is 6.07 Å². The molecule has 0 saturated carbocycles. The molecule has 0 fully saturated rings. The van der Waals surface area contributed by atoms with Gasteiger partial charge in [-0.2, -0.15) is 5.26 Å². The van der Waals surface area contributed by atoms with E-state index >= 15 is 0 Å². The number of anilines is 4. The Bertz CT molecular complexity index is 873. The van der Waals surface area contributed by atoms with Crippen LogP contribution in [-0.4, -0.2) is 9.97 Å². The van der Waals surface area contributed by atoms with Crippen LogP contribution >= 0.6 is 11.6 Å². The minimum Gasteiger partial charge on any atom is -0.339 e. The topological polar surface area (TPSA) is 73.6 Å². The summed E-state index contributed by atoms with van der Waals surface area (Å²) in [5.41, 5.74) is 2.00. The molecule has 0 amide bonds. The Morgan fingerprint density at radius 2 is 1.48 bits per heavy atom. The molecule has 0 unspecified atom stereocenters. The molecule has 0 aliphatic rings. The van der Waals surface area contributed by atoms with E-state index in [-0.39, 0.29) is 0 Å². The summed E-state index contributed by atoms with van der Waals surface area (Å²) in [6.07, 6.45) is 1.44. The van der Waals surface area contributed by atoms with E-state index in [0.717, 1.165) is 5.69 Å². The van der Waals surface area contributed by atoms with Crippen LogP contribution in [0.25, 0.3) is 0 Å². The summed E-state index contributed by atoms with van der Waals surface area (Å²) in [5.74, 6) is 1.18. The molecule has 3 aromatic rings. The maximum atomic E-state index is 9.13. The summed E-state index contributed by atoms with van der Waals surface area (Å²) in [7, 11) is 0. The van der Waals surface area contributed by atoms with Crippen LogP contribution in [-0.2, 0) is 0 Å². The van der Waals surface area contributed by atoms with Gasteiger partial charge in [-0.25, -0.2) is 9.97 Å². The zero-order valence-corrected chi connectivity index (χ0v) is 12.7. The first-order valence-corrected chi connectivity index (χ1v) is 7.24. The Morgan fingerprint density at radius 3 is 2.17 bits per heavy atom. The third-order valence-corrected chi connectivity index (χ3v) is 3.44. The maximum absolute atomic E-state index is 9.13. The van der Waals surface area contributed by atoms with Crippen LogP contribution in [0.2, 0.25) is 5.02 Å². The second kappa shape index (κ2) is 6.77. The van der Waals surface area contributed by atoms with Crippen molar-refractivity contribution >= 4 is 34.6 Å². The van der Waals surface area contributed by atoms with Gasteiger partial charge in [0.1, 0.15) is 24.0 Å². The van der Waals surface area contributed by atoms with Crippen molar-refractivity contribution < 1.29 is 0 Å². The molecule has 1 aromatic heterocycles. The number of rotatable bonds is 4. The van der Waals surface area contributed by atoms with E-state index < -0.39 is 0 Å². The molecule has 0 aliphatic carbocycles. The molecule has 0 saturated heterocycles. The quantitative estimate of drug-likeness (QED) is 0.740. The molecule has 1 heterocycles. The van der Waals surface area contributed by atoms with E-state index in [9.17, 15) is 0 Å². The summed E-state index contributed by atoms with van der Waals surface area (Å²) in [6, 6.07) is 18.5. The van der Waals surface area contributed by atoms with Crippen molar-refractivity contribution in [2.24, 2.45) is 0 Å². The number of nitrogens with zero attached hydrogens (tertiary/aromatic N) is 3. The molecule has 0 radical (unpaired) electrons. The van der Waals surface area contributed by atoms with Gasteiger partial charge < -0.3 is 10.6 Å². The minimum absolute atomic E-state index is 0.548. The predicted molar refractivity (Wildman–Crippen MR) is 91.2 cm³/mol. The lowest BCUT2D eigenvalue weighted by Gasteiger charge is -2.10. The number of hydrogen-bond donors (Lipinski definition) is 2. The number of para-hydroxylation sites is 2. The van der Waals surface area contributed by atoms with Crippen molar-refractivity contribution in [3.05, 3.63) is 71.5 Å². The van der Waals surface area contributed by atoms with E-state index in [0.29, 0.717) is 27.9 Å². The van der Waals surface area contributed by atoms with Gasteiger partial charge in [0.2, 0.25) is 0 Å². The zero-order chi connectivity index (χ0) is 16.1. The average molecular weight is 322 g/mol. The number of benzene rings is 2. The Labute approximate surface area is 138 Å². The van der Waals surface area contributed by atoms with Crippen molar-refractivity contribution in [1.29, 1.82) is 5.26 Å². The number of aromatic nitrogens is 2. The summed E-state index contributed by atoms with van der Waals surface area (Å²) < 4.78 is 0. The molecule has 6 heteroatoms. The average Bonchev–Trinajstić information content (AvgIpc) is 2.58. The summed E-state index contributed by atoms with van der Waals surface area (Å²) in [6.45, 7) is 0. The zero-order valence-electron chi connectivity index (χ0n) is 12.0. The Balaban J connectivity index is 1.83. The van der Waals surface area contributed by atoms with Crippen LogP contribution < -0.4 is 10.6 Å². The lowest BCUT2D eigenvalue weighted by atomic mass is 10.2. The van der Waals surface area contributed by atoms with Gasteiger partial charge in [0.05, 0.1) is 22.0 Å². The Morgan fingerprint density at radius 1 is 0.870 bits per heavy atom. The smallest absolute Gasteiger partial charge is 0.135 e. The van der Waals surface area contributed by atoms with Crippen molar-refractivity contribution in [2.45, 2.75) is 0 Å². The molecular weight excluding hydrogens is 310 g/mol. The first-order valence-electron chi connectivity index (χ1n) is 6.86. The van der Waals surface area contributed by atoms with Crippen LogP contribution in [0.3, 0.4) is 0 Å². The van der Waals surface area contributed by atoms with Gasteiger partial charge in [-0.3, -0.25) is 0 Å². The van der Waals surface area contributed by atoms with Gasteiger partial charge in [-0.1, -0.05) is 35.9 Å². The molecule has 0 atom stereocenters. The van der Waals surface area contributed by atoms with Crippen molar-refractivity contribution in [1.82, 2.24) is 9.97 Å². The van der Waals surface area contributed by atoms with Crippen LogP contribution in [0.15, 0.2) is 60.9 Å². The summed E-state index contributed by atoms with van der Waals surface area (Å²) in [4.78, 5) is 8.34. The molecule has 23 heavy (non-hydrogen) atoms. The van der Waals surface area contributed by atoms with E-state index in [4.69, 9.17) is 16.9 Å². The first kappa shape index (κ1) is 14.8. The highest BCUT2D eigenvalue weighted by atomic mass is 35.5. The number of halogens is 1. The third-order valence-electron chi connectivity index (χ3n) is 3.11. The SMILES string of the molecule is N#Cc1ccccc1Nc1cc(Nc2ccccc2Cl)ncn1. The highest BCUT2D eigenvalue weighted by molar-refractivity contribution is 6.33. The van der Waals surface area contributed by atoms with Gasteiger partial charge in [-0.15, -0.1) is 0 Å². The number of hydrogen-bond acceptors (Lipinski definition) is 5. The van der Waals surface area contributed by atoms with E-state index in [1.165, 1.54) is 6.33 Å². The van der Waals surface area contributed by atoms with Crippen molar-refractivity contribution in [3.63, 3.8) is 0 Å². The molecule has 112 valence electrons. The lowest BCUT2D eigenvalue weighted by Crippen LogP contribution is -1.99. The molecule has 0 aliphatic heterocycles.